The third-order valence-electron chi connectivity index (χ3n) is 4.61. The highest BCUT2D eigenvalue weighted by Crippen LogP contribution is 2.29. The van der Waals surface area contributed by atoms with Gasteiger partial charge in [0.15, 0.2) is 6.61 Å². The van der Waals surface area contributed by atoms with E-state index in [2.05, 4.69) is 4.72 Å². The van der Waals surface area contributed by atoms with E-state index in [0.29, 0.717) is 13.1 Å². The minimum atomic E-state index is -4.05. The molecule has 0 saturated carbocycles. The van der Waals surface area contributed by atoms with E-state index >= 15 is 0 Å². The van der Waals surface area contributed by atoms with E-state index in [0.717, 1.165) is 25.3 Å². The molecule has 2 aromatic carbocycles. The predicted octanol–water partition coefficient (Wildman–Crippen LogP) is 3.23. The van der Waals surface area contributed by atoms with Crippen molar-refractivity contribution in [3.8, 4) is 5.75 Å². The summed E-state index contributed by atoms with van der Waals surface area (Å²) in [5.41, 5.74) is 0.450. The van der Waals surface area contributed by atoms with Crippen LogP contribution in [0.5, 0.6) is 5.75 Å². The van der Waals surface area contributed by atoms with Gasteiger partial charge in [-0.2, -0.15) is 0 Å². The molecule has 0 aliphatic carbocycles. The van der Waals surface area contributed by atoms with Crippen LogP contribution in [0.3, 0.4) is 0 Å². The molecule has 0 unspecified atom stereocenters. The van der Waals surface area contributed by atoms with Crippen molar-refractivity contribution in [3.63, 3.8) is 0 Å². The second kappa shape index (κ2) is 9.36. The summed E-state index contributed by atoms with van der Waals surface area (Å²) < 4.78 is 33.2. The maximum Gasteiger partial charge on any atom is 0.341 e. The molecule has 1 heterocycles. The topological polar surface area (TPSA) is 113 Å². The Kier molecular flexibility index (Phi) is 6.84. The number of rotatable bonds is 7. The Balaban J connectivity index is 1.83. The Morgan fingerprint density at radius 3 is 2.47 bits per heavy atom. The van der Waals surface area contributed by atoms with Gasteiger partial charge in [-0.15, -0.1) is 0 Å². The molecule has 1 saturated heterocycles. The summed E-state index contributed by atoms with van der Waals surface area (Å²) in [5, 5.41) is 8.63. The summed E-state index contributed by atoms with van der Waals surface area (Å²) in [4.78, 5) is 25.1. The first kappa shape index (κ1) is 21.9. The van der Waals surface area contributed by atoms with Gasteiger partial charge in [0.1, 0.15) is 5.75 Å². The molecule has 10 heteroatoms. The predicted molar refractivity (Wildman–Crippen MR) is 112 cm³/mol. The molecule has 2 aromatic rings. The molecule has 0 radical (unpaired) electrons. The molecule has 1 amide bonds. The zero-order valence-corrected chi connectivity index (χ0v) is 17.6. The highest BCUT2D eigenvalue weighted by atomic mass is 35.5. The lowest BCUT2D eigenvalue weighted by molar-refractivity contribution is -0.139. The van der Waals surface area contributed by atoms with Crippen LogP contribution in [-0.2, 0) is 14.8 Å². The van der Waals surface area contributed by atoms with Gasteiger partial charge in [-0.3, -0.25) is 9.52 Å². The Morgan fingerprint density at radius 1 is 1.10 bits per heavy atom. The van der Waals surface area contributed by atoms with E-state index in [-0.39, 0.29) is 32.8 Å². The lowest BCUT2D eigenvalue weighted by Crippen LogP contribution is -2.36. The monoisotopic (exact) mass is 452 g/mol. The number of para-hydroxylation sites is 1. The molecule has 0 bridgehead atoms. The van der Waals surface area contributed by atoms with Crippen molar-refractivity contribution >= 4 is 39.2 Å². The van der Waals surface area contributed by atoms with E-state index in [9.17, 15) is 18.0 Å². The SMILES string of the molecule is O=C(O)COc1ccc(S(=O)(=O)Nc2ccccc2C(=O)N2CCCCC2)cc1Cl. The van der Waals surface area contributed by atoms with Crippen molar-refractivity contribution < 1.29 is 27.9 Å². The molecule has 160 valence electrons. The number of amides is 1. The summed E-state index contributed by atoms with van der Waals surface area (Å²) in [6.07, 6.45) is 2.92. The molecule has 30 heavy (non-hydrogen) atoms. The Morgan fingerprint density at radius 2 is 1.80 bits per heavy atom. The van der Waals surface area contributed by atoms with Gasteiger partial charge in [-0.05, 0) is 49.6 Å². The number of carbonyl (C=O) groups is 2. The summed E-state index contributed by atoms with van der Waals surface area (Å²) in [6, 6.07) is 10.1. The average Bonchev–Trinajstić information content (AvgIpc) is 2.73. The Hall–Kier alpha value is -2.78. The fourth-order valence-corrected chi connectivity index (χ4v) is 4.54. The van der Waals surface area contributed by atoms with Crippen LogP contribution in [0.2, 0.25) is 5.02 Å². The number of carbonyl (C=O) groups excluding carboxylic acids is 1. The summed E-state index contributed by atoms with van der Waals surface area (Å²) in [5.74, 6) is -1.35. The van der Waals surface area contributed by atoms with Crippen LogP contribution in [0, 0.1) is 0 Å². The highest BCUT2D eigenvalue weighted by Gasteiger charge is 2.23. The number of anilines is 1. The highest BCUT2D eigenvalue weighted by molar-refractivity contribution is 7.92. The van der Waals surface area contributed by atoms with Crippen LogP contribution in [0.25, 0.3) is 0 Å². The largest absolute Gasteiger partial charge is 0.480 e. The van der Waals surface area contributed by atoms with Crippen molar-refractivity contribution in [1.29, 1.82) is 0 Å². The zero-order chi connectivity index (χ0) is 21.7. The number of carboxylic acids is 1. The van der Waals surface area contributed by atoms with Gasteiger partial charge in [0.05, 0.1) is 21.2 Å². The van der Waals surface area contributed by atoms with Crippen LogP contribution in [0.1, 0.15) is 29.6 Å². The van der Waals surface area contributed by atoms with Crippen molar-refractivity contribution in [2.24, 2.45) is 0 Å². The molecule has 3 rings (SSSR count). The first-order valence-electron chi connectivity index (χ1n) is 9.33. The minimum absolute atomic E-state index is 0.0446. The third-order valence-corrected chi connectivity index (χ3v) is 6.27. The van der Waals surface area contributed by atoms with E-state index < -0.39 is 22.6 Å². The quantitative estimate of drug-likeness (QED) is 0.666. The van der Waals surface area contributed by atoms with Crippen LogP contribution < -0.4 is 9.46 Å². The standard InChI is InChI=1S/C20H21ClN2O6S/c21-16-12-14(8-9-18(16)29-13-19(24)25)30(27,28)22-17-7-3-2-6-15(17)20(26)23-10-4-1-5-11-23/h2-3,6-9,12,22H,1,4-5,10-11,13H2,(H,24,25). The maximum absolute atomic E-state index is 12.9. The average molecular weight is 453 g/mol. The third kappa shape index (κ3) is 5.22. The Bertz CT molecular complexity index is 1050. The number of carboxylic acid groups (broad SMARTS) is 1. The molecule has 1 aliphatic heterocycles. The minimum Gasteiger partial charge on any atom is -0.480 e. The first-order chi connectivity index (χ1) is 14.3. The van der Waals surface area contributed by atoms with Crippen molar-refractivity contribution in [1.82, 2.24) is 4.90 Å². The van der Waals surface area contributed by atoms with Gasteiger partial charge in [-0.1, -0.05) is 23.7 Å². The van der Waals surface area contributed by atoms with Gasteiger partial charge in [0, 0.05) is 13.1 Å². The second-order valence-electron chi connectivity index (χ2n) is 6.78. The number of benzene rings is 2. The molecule has 0 aromatic heterocycles. The van der Waals surface area contributed by atoms with Crippen LogP contribution in [-0.4, -0.2) is 50.0 Å². The Labute approximate surface area is 179 Å². The fourth-order valence-electron chi connectivity index (χ4n) is 3.13. The molecule has 8 nitrogen and oxygen atoms in total. The van der Waals surface area contributed by atoms with Crippen LogP contribution in [0.4, 0.5) is 5.69 Å². The second-order valence-corrected chi connectivity index (χ2v) is 8.87. The number of halogens is 1. The molecule has 0 atom stereocenters. The number of nitrogens with one attached hydrogen (secondary N) is 1. The lowest BCUT2D eigenvalue weighted by atomic mass is 10.1. The van der Waals surface area contributed by atoms with E-state index in [1.807, 2.05) is 0 Å². The number of hydrogen-bond acceptors (Lipinski definition) is 5. The molecule has 1 aliphatic rings. The number of ether oxygens (including phenoxy) is 1. The van der Waals surface area contributed by atoms with Crippen LogP contribution >= 0.6 is 11.6 Å². The first-order valence-corrected chi connectivity index (χ1v) is 11.2. The van der Waals surface area contributed by atoms with Gasteiger partial charge >= 0.3 is 5.97 Å². The van der Waals surface area contributed by atoms with Gasteiger partial charge in [0.2, 0.25) is 0 Å². The number of likely N-dealkylation sites (tertiary alicyclic amines) is 1. The summed E-state index contributed by atoms with van der Waals surface area (Å²) in [6.45, 7) is 0.691. The molecular weight excluding hydrogens is 432 g/mol. The number of aliphatic carboxylic acids is 1. The van der Waals surface area contributed by atoms with Crippen molar-refractivity contribution in [2.75, 3.05) is 24.4 Å². The molecular formula is C20H21ClN2O6S. The van der Waals surface area contributed by atoms with Crippen LogP contribution in [0.15, 0.2) is 47.4 Å². The number of sulfonamides is 1. The zero-order valence-electron chi connectivity index (χ0n) is 16.0. The van der Waals surface area contributed by atoms with Gasteiger partial charge in [0.25, 0.3) is 15.9 Å². The van der Waals surface area contributed by atoms with E-state index in [1.54, 1.807) is 23.1 Å². The van der Waals surface area contributed by atoms with Gasteiger partial charge < -0.3 is 14.7 Å². The maximum atomic E-state index is 12.9. The van der Waals surface area contributed by atoms with E-state index in [4.69, 9.17) is 21.4 Å². The van der Waals surface area contributed by atoms with Crippen molar-refractivity contribution in [2.45, 2.75) is 24.2 Å². The number of nitrogens with zero attached hydrogens (tertiary/aromatic N) is 1. The lowest BCUT2D eigenvalue weighted by Gasteiger charge is -2.27. The molecule has 0 spiro atoms. The molecule has 2 N–H and O–H groups in total. The summed E-state index contributed by atoms with van der Waals surface area (Å²) >= 11 is 6.03. The smallest absolute Gasteiger partial charge is 0.341 e. The number of piperidine rings is 1. The van der Waals surface area contributed by atoms with Gasteiger partial charge in [-0.25, -0.2) is 13.2 Å². The molecule has 1 fully saturated rings. The summed E-state index contributed by atoms with van der Waals surface area (Å²) in [7, 11) is -4.05. The fraction of sp³-hybridized carbons (Fsp3) is 0.300. The normalized spacial score (nSPS) is 14.2. The van der Waals surface area contributed by atoms with E-state index in [1.165, 1.54) is 18.2 Å². The van der Waals surface area contributed by atoms with Crippen molar-refractivity contribution in [3.05, 3.63) is 53.1 Å². The number of hydrogen-bond donors (Lipinski definition) is 2.